The van der Waals surface area contributed by atoms with Crippen molar-refractivity contribution in [2.45, 2.75) is 25.8 Å². The van der Waals surface area contributed by atoms with E-state index in [1.54, 1.807) is 0 Å². The van der Waals surface area contributed by atoms with Crippen LogP contribution in [0.2, 0.25) is 0 Å². The van der Waals surface area contributed by atoms with E-state index in [2.05, 4.69) is 54.4 Å². The van der Waals surface area contributed by atoms with Gasteiger partial charge in [-0.25, -0.2) is 0 Å². The second kappa shape index (κ2) is 5.51. The van der Waals surface area contributed by atoms with E-state index in [0.717, 1.165) is 32.6 Å². The van der Waals surface area contributed by atoms with Crippen molar-refractivity contribution in [1.82, 2.24) is 10.2 Å². The molecule has 1 aromatic carbocycles. The Morgan fingerprint density at radius 2 is 1.89 bits per heavy atom. The minimum absolute atomic E-state index is 0.392. The molecule has 0 aromatic heterocycles. The van der Waals surface area contributed by atoms with Gasteiger partial charge >= 0.3 is 0 Å². The smallest absolute Gasteiger partial charge is 0.110 e. The first-order chi connectivity index (χ1) is 8.64. The first kappa shape index (κ1) is 13.1. The lowest BCUT2D eigenvalue weighted by Gasteiger charge is -2.39. The molecular weight excluding hydrogens is 222 g/mol. The Balaban J connectivity index is 2.12. The van der Waals surface area contributed by atoms with Gasteiger partial charge in [-0.2, -0.15) is 5.26 Å². The molecule has 1 heterocycles. The highest BCUT2D eigenvalue weighted by atomic mass is 15.2. The molecule has 1 unspecified atom stereocenters. The fourth-order valence-corrected chi connectivity index (χ4v) is 2.48. The van der Waals surface area contributed by atoms with Crippen LogP contribution in [0.3, 0.4) is 0 Å². The zero-order valence-electron chi connectivity index (χ0n) is 11.2. The van der Waals surface area contributed by atoms with Crippen LogP contribution in [-0.4, -0.2) is 36.6 Å². The molecule has 0 aliphatic carbocycles. The number of piperazine rings is 1. The highest BCUT2D eigenvalue weighted by molar-refractivity contribution is 5.25. The number of hydrogen-bond acceptors (Lipinski definition) is 3. The molecule has 1 saturated heterocycles. The quantitative estimate of drug-likeness (QED) is 0.878. The molecule has 0 bridgehead atoms. The summed E-state index contributed by atoms with van der Waals surface area (Å²) in [5.74, 6) is 0. The number of benzene rings is 1. The highest BCUT2D eigenvalue weighted by Gasteiger charge is 2.32. The number of nitrogens with one attached hydrogen (secondary N) is 1. The summed E-state index contributed by atoms with van der Waals surface area (Å²) in [5, 5.41) is 12.9. The summed E-state index contributed by atoms with van der Waals surface area (Å²) in [6, 6.07) is 11.0. The van der Waals surface area contributed by atoms with E-state index in [0.29, 0.717) is 0 Å². The van der Waals surface area contributed by atoms with Gasteiger partial charge in [0, 0.05) is 32.6 Å². The van der Waals surface area contributed by atoms with Crippen LogP contribution in [0.25, 0.3) is 0 Å². The van der Waals surface area contributed by atoms with Crippen molar-refractivity contribution in [1.29, 1.82) is 5.26 Å². The van der Waals surface area contributed by atoms with Crippen molar-refractivity contribution in [3.63, 3.8) is 0 Å². The number of aryl methyl sites for hydroxylation is 1. The summed E-state index contributed by atoms with van der Waals surface area (Å²) in [4.78, 5) is 2.29. The third-order valence-electron chi connectivity index (χ3n) is 3.72. The number of hydrogen-bond donors (Lipinski definition) is 1. The van der Waals surface area contributed by atoms with Crippen LogP contribution < -0.4 is 5.32 Å². The van der Waals surface area contributed by atoms with Gasteiger partial charge in [0.25, 0.3) is 0 Å². The predicted octanol–water partition coefficient (Wildman–Crippen LogP) is 1.72. The van der Waals surface area contributed by atoms with Crippen LogP contribution in [0.15, 0.2) is 24.3 Å². The molecule has 96 valence electrons. The van der Waals surface area contributed by atoms with Crippen LogP contribution in [0.5, 0.6) is 0 Å². The van der Waals surface area contributed by atoms with Crippen molar-refractivity contribution in [3.8, 4) is 6.07 Å². The van der Waals surface area contributed by atoms with E-state index >= 15 is 0 Å². The van der Waals surface area contributed by atoms with Crippen LogP contribution >= 0.6 is 0 Å². The zero-order valence-corrected chi connectivity index (χ0v) is 11.2. The Labute approximate surface area is 109 Å². The first-order valence-electron chi connectivity index (χ1n) is 6.57. The summed E-state index contributed by atoms with van der Waals surface area (Å²) < 4.78 is 0. The van der Waals surface area contributed by atoms with Gasteiger partial charge in [0.15, 0.2) is 0 Å². The van der Waals surface area contributed by atoms with Crippen molar-refractivity contribution < 1.29 is 0 Å². The Hall–Kier alpha value is -1.37. The molecule has 0 amide bonds. The summed E-state index contributed by atoms with van der Waals surface area (Å²) in [7, 11) is 0. The second-order valence-electron chi connectivity index (χ2n) is 5.29. The highest BCUT2D eigenvalue weighted by Crippen LogP contribution is 2.21. The fraction of sp³-hybridized carbons (Fsp3) is 0.533. The SMILES string of the molecule is Cc1ccc(CC(C)(C#N)N2CCNCC2)cc1. The summed E-state index contributed by atoms with van der Waals surface area (Å²) >= 11 is 0. The molecule has 1 fully saturated rings. The van der Waals surface area contributed by atoms with Crippen molar-refractivity contribution in [2.75, 3.05) is 26.2 Å². The van der Waals surface area contributed by atoms with E-state index in [4.69, 9.17) is 0 Å². The Kier molecular flexibility index (Phi) is 4.00. The minimum atomic E-state index is -0.392. The maximum Gasteiger partial charge on any atom is 0.110 e. The number of rotatable bonds is 3. The van der Waals surface area contributed by atoms with E-state index in [9.17, 15) is 5.26 Å². The van der Waals surface area contributed by atoms with Gasteiger partial charge in [-0.3, -0.25) is 4.90 Å². The van der Waals surface area contributed by atoms with Gasteiger partial charge < -0.3 is 5.32 Å². The van der Waals surface area contributed by atoms with E-state index in [1.807, 2.05) is 0 Å². The lowest BCUT2D eigenvalue weighted by molar-refractivity contribution is 0.132. The van der Waals surface area contributed by atoms with Gasteiger partial charge in [-0.05, 0) is 19.4 Å². The molecule has 1 aromatic rings. The Bertz CT molecular complexity index is 426. The van der Waals surface area contributed by atoms with Gasteiger partial charge in [-0.1, -0.05) is 29.8 Å². The van der Waals surface area contributed by atoms with E-state index < -0.39 is 5.54 Å². The largest absolute Gasteiger partial charge is 0.314 e. The second-order valence-corrected chi connectivity index (χ2v) is 5.29. The van der Waals surface area contributed by atoms with Gasteiger partial charge in [0.2, 0.25) is 0 Å². The molecule has 0 saturated carbocycles. The molecule has 0 radical (unpaired) electrons. The average molecular weight is 243 g/mol. The van der Waals surface area contributed by atoms with Crippen LogP contribution in [-0.2, 0) is 6.42 Å². The van der Waals surface area contributed by atoms with Gasteiger partial charge in [0.05, 0.1) is 6.07 Å². The fourth-order valence-electron chi connectivity index (χ4n) is 2.48. The van der Waals surface area contributed by atoms with E-state index in [-0.39, 0.29) is 0 Å². The average Bonchev–Trinajstić information content (AvgIpc) is 2.42. The van der Waals surface area contributed by atoms with E-state index in [1.165, 1.54) is 11.1 Å². The standard InChI is InChI=1S/C15H21N3/c1-13-3-5-14(6-4-13)11-15(2,12-16)18-9-7-17-8-10-18/h3-6,17H,7-11H2,1-2H3. The molecule has 18 heavy (non-hydrogen) atoms. The van der Waals surface area contributed by atoms with Gasteiger partial charge in [0.1, 0.15) is 5.54 Å². The summed E-state index contributed by atoms with van der Waals surface area (Å²) in [6.45, 7) is 8.00. The summed E-state index contributed by atoms with van der Waals surface area (Å²) in [6.07, 6.45) is 0.795. The third-order valence-corrected chi connectivity index (χ3v) is 3.72. The lowest BCUT2D eigenvalue weighted by Crippen LogP contribution is -2.55. The molecule has 2 rings (SSSR count). The maximum absolute atomic E-state index is 9.54. The molecular formula is C15H21N3. The monoisotopic (exact) mass is 243 g/mol. The van der Waals surface area contributed by atoms with Crippen molar-refractivity contribution in [3.05, 3.63) is 35.4 Å². The van der Waals surface area contributed by atoms with Crippen LogP contribution in [0.4, 0.5) is 0 Å². The number of nitrogens with zero attached hydrogens (tertiary/aromatic N) is 2. The maximum atomic E-state index is 9.54. The van der Waals surface area contributed by atoms with Crippen LogP contribution in [0.1, 0.15) is 18.1 Å². The molecule has 1 N–H and O–H groups in total. The molecule has 1 atom stereocenters. The first-order valence-corrected chi connectivity index (χ1v) is 6.57. The number of nitriles is 1. The normalized spacial score (nSPS) is 20.1. The Morgan fingerprint density at radius 1 is 1.28 bits per heavy atom. The zero-order chi connectivity index (χ0) is 13.0. The molecule has 3 heteroatoms. The molecule has 1 aliphatic heterocycles. The molecule has 3 nitrogen and oxygen atoms in total. The summed E-state index contributed by atoms with van der Waals surface area (Å²) in [5.41, 5.74) is 2.11. The van der Waals surface area contributed by atoms with Crippen molar-refractivity contribution in [2.24, 2.45) is 0 Å². The Morgan fingerprint density at radius 3 is 2.44 bits per heavy atom. The molecule has 0 spiro atoms. The molecule has 1 aliphatic rings. The third kappa shape index (κ3) is 2.90. The van der Waals surface area contributed by atoms with Crippen LogP contribution in [0, 0.1) is 18.3 Å². The lowest BCUT2D eigenvalue weighted by atomic mass is 9.91. The predicted molar refractivity (Wildman–Crippen MR) is 73.3 cm³/mol. The topological polar surface area (TPSA) is 39.1 Å². The minimum Gasteiger partial charge on any atom is -0.314 e. The van der Waals surface area contributed by atoms with Crippen molar-refractivity contribution >= 4 is 0 Å². The van der Waals surface area contributed by atoms with Gasteiger partial charge in [-0.15, -0.1) is 0 Å².